The molecule has 0 amide bonds. The van der Waals surface area contributed by atoms with Crippen LogP contribution in [0.3, 0.4) is 0 Å². The fourth-order valence-corrected chi connectivity index (χ4v) is 2.90. The first-order valence-electron chi connectivity index (χ1n) is 6.84. The Hall–Kier alpha value is -1.86. The first-order chi connectivity index (χ1) is 10.0. The Morgan fingerprint density at radius 1 is 1.33 bits per heavy atom. The van der Waals surface area contributed by atoms with Crippen LogP contribution in [0.25, 0.3) is 0 Å². The van der Waals surface area contributed by atoms with Crippen molar-refractivity contribution in [3.8, 4) is 0 Å². The van der Waals surface area contributed by atoms with E-state index in [2.05, 4.69) is 15.1 Å². The SMILES string of the molecule is CCc1cccc(NS(=O)(=O)c2cnn(CCNC)c2)c1. The number of benzene rings is 1. The number of hydrogen-bond acceptors (Lipinski definition) is 4. The van der Waals surface area contributed by atoms with Gasteiger partial charge in [-0.2, -0.15) is 5.10 Å². The van der Waals surface area contributed by atoms with E-state index < -0.39 is 10.0 Å². The lowest BCUT2D eigenvalue weighted by Gasteiger charge is -2.07. The van der Waals surface area contributed by atoms with E-state index in [9.17, 15) is 8.42 Å². The molecule has 1 heterocycles. The zero-order chi connectivity index (χ0) is 15.3. The minimum Gasteiger partial charge on any atom is -0.318 e. The van der Waals surface area contributed by atoms with Gasteiger partial charge >= 0.3 is 0 Å². The van der Waals surface area contributed by atoms with Crippen LogP contribution in [0, 0.1) is 0 Å². The minimum atomic E-state index is -3.60. The predicted octanol–water partition coefficient (Wildman–Crippen LogP) is 1.47. The van der Waals surface area contributed by atoms with Crippen molar-refractivity contribution >= 4 is 15.7 Å². The van der Waals surface area contributed by atoms with Crippen molar-refractivity contribution in [3.63, 3.8) is 0 Å². The highest BCUT2D eigenvalue weighted by molar-refractivity contribution is 7.92. The Morgan fingerprint density at radius 2 is 2.14 bits per heavy atom. The van der Waals surface area contributed by atoms with Crippen LogP contribution in [0.15, 0.2) is 41.6 Å². The van der Waals surface area contributed by atoms with Crippen molar-refractivity contribution in [2.75, 3.05) is 18.3 Å². The van der Waals surface area contributed by atoms with E-state index in [1.165, 1.54) is 12.4 Å². The van der Waals surface area contributed by atoms with Crippen molar-refractivity contribution in [1.29, 1.82) is 0 Å². The third-order valence-corrected chi connectivity index (χ3v) is 4.43. The zero-order valence-corrected chi connectivity index (χ0v) is 13.0. The highest BCUT2D eigenvalue weighted by atomic mass is 32.2. The summed E-state index contributed by atoms with van der Waals surface area (Å²) in [6, 6.07) is 7.38. The Morgan fingerprint density at radius 3 is 2.86 bits per heavy atom. The molecule has 2 N–H and O–H groups in total. The summed E-state index contributed by atoms with van der Waals surface area (Å²) in [7, 11) is -1.76. The van der Waals surface area contributed by atoms with Gasteiger partial charge in [0.05, 0.1) is 12.7 Å². The summed E-state index contributed by atoms with van der Waals surface area (Å²) in [6.07, 6.45) is 3.75. The van der Waals surface area contributed by atoms with Gasteiger partial charge in [0.2, 0.25) is 0 Å². The average Bonchev–Trinajstić information content (AvgIpc) is 2.94. The highest BCUT2D eigenvalue weighted by Crippen LogP contribution is 2.17. The lowest BCUT2D eigenvalue weighted by Crippen LogP contribution is -2.15. The molecule has 0 aliphatic heterocycles. The molecule has 0 atom stereocenters. The highest BCUT2D eigenvalue weighted by Gasteiger charge is 2.16. The number of likely N-dealkylation sites (N-methyl/N-ethyl adjacent to an activating group) is 1. The molecule has 0 bridgehead atoms. The molecule has 0 aliphatic rings. The van der Waals surface area contributed by atoms with Crippen molar-refractivity contribution in [1.82, 2.24) is 15.1 Å². The normalized spacial score (nSPS) is 11.5. The van der Waals surface area contributed by atoms with Gasteiger partial charge in [0.25, 0.3) is 10.0 Å². The Kier molecular flexibility index (Phi) is 4.98. The summed E-state index contributed by atoms with van der Waals surface area (Å²) < 4.78 is 28.8. The number of aromatic nitrogens is 2. The topological polar surface area (TPSA) is 76.0 Å². The van der Waals surface area contributed by atoms with E-state index >= 15 is 0 Å². The van der Waals surface area contributed by atoms with Crippen molar-refractivity contribution < 1.29 is 8.42 Å². The average molecular weight is 308 g/mol. The molecular weight excluding hydrogens is 288 g/mol. The summed E-state index contributed by atoms with van der Waals surface area (Å²) in [6.45, 7) is 3.38. The van der Waals surface area contributed by atoms with Crippen LogP contribution in [0.4, 0.5) is 5.69 Å². The molecule has 7 heteroatoms. The molecule has 0 aliphatic carbocycles. The molecule has 0 unspecified atom stereocenters. The van der Waals surface area contributed by atoms with Crippen LogP contribution < -0.4 is 10.0 Å². The molecule has 0 spiro atoms. The molecule has 2 rings (SSSR count). The molecular formula is C14H20N4O2S. The monoisotopic (exact) mass is 308 g/mol. The molecule has 1 aromatic carbocycles. The van der Waals surface area contributed by atoms with Crippen LogP contribution in [0.1, 0.15) is 12.5 Å². The van der Waals surface area contributed by atoms with Gasteiger partial charge in [-0.3, -0.25) is 9.40 Å². The summed E-state index contributed by atoms with van der Waals surface area (Å²) in [5.41, 5.74) is 1.65. The Bertz CT molecular complexity index is 695. The second-order valence-corrected chi connectivity index (χ2v) is 6.38. The number of hydrogen-bond donors (Lipinski definition) is 2. The second kappa shape index (κ2) is 6.73. The third kappa shape index (κ3) is 4.05. The molecule has 1 aromatic heterocycles. The first kappa shape index (κ1) is 15.5. The summed E-state index contributed by atoms with van der Waals surface area (Å²) in [5, 5.41) is 7.04. The van der Waals surface area contributed by atoms with Gasteiger partial charge in [-0.1, -0.05) is 19.1 Å². The van der Waals surface area contributed by atoms with Crippen LogP contribution in [0.5, 0.6) is 0 Å². The summed E-state index contributed by atoms with van der Waals surface area (Å²) in [4.78, 5) is 0.167. The minimum absolute atomic E-state index is 0.167. The predicted molar refractivity (Wildman–Crippen MR) is 82.8 cm³/mol. The number of rotatable bonds is 7. The summed E-state index contributed by atoms with van der Waals surface area (Å²) >= 11 is 0. The van der Waals surface area contributed by atoms with Crippen molar-refractivity contribution in [3.05, 3.63) is 42.2 Å². The van der Waals surface area contributed by atoms with E-state index in [0.717, 1.165) is 18.5 Å². The molecule has 114 valence electrons. The largest absolute Gasteiger partial charge is 0.318 e. The number of nitrogens with zero attached hydrogens (tertiary/aromatic N) is 2. The maximum absolute atomic E-state index is 12.3. The van der Waals surface area contributed by atoms with Crippen LogP contribution in [0.2, 0.25) is 0 Å². The van der Waals surface area contributed by atoms with Gasteiger partial charge in [-0.15, -0.1) is 0 Å². The first-order valence-corrected chi connectivity index (χ1v) is 8.32. The molecule has 2 aromatic rings. The summed E-state index contributed by atoms with van der Waals surface area (Å²) in [5.74, 6) is 0. The van der Waals surface area contributed by atoms with Gasteiger partial charge in [0.15, 0.2) is 0 Å². The van der Waals surface area contributed by atoms with E-state index in [-0.39, 0.29) is 4.90 Å². The maximum Gasteiger partial charge on any atom is 0.265 e. The number of aryl methyl sites for hydroxylation is 1. The van der Waals surface area contributed by atoms with Gasteiger partial charge < -0.3 is 5.32 Å². The number of anilines is 1. The Labute approximate surface area is 125 Å². The smallest absolute Gasteiger partial charge is 0.265 e. The van der Waals surface area contributed by atoms with Gasteiger partial charge in [0, 0.05) is 18.4 Å². The lowest BCUT2D eigenvalue weighted by atomic mass is 10.1. The molecule has 6 nitrogen and oxygen atoms in total. The fraction of sp³-hybridized carbons (Fsp3) is 0.357. The molecule has 0 saturated heterocycles. The zero-order valence-electron chi connectivity index (χ0n) is 12.2. The van der Waals surface area contributed by atoms with E-state index in [4.69, 9.17) is 0 Å². The second-order valence-electron chi connectivity index (χ2n) is 4.70. The third-order valence-electron chi connectivity index (χ3n) is 3.10. The van der Waals surface area contributed by atoms with Crippen molar-refractivity contribution in [2.24, 2.45) is 0 Å². The van der Waals surface area contributed by atoms with Gasteiger partial charge in [0.1, 0.15) is 4.90 Å². The lowest BCUT2D eigenvalue weighted by molar-refractivity contribution is 0.582. The molecule has 0 radical (unpaired) electrons. The van der Waals surface area contributed by atoms with Gasteiger partial charge in [-0.25, -0.2) is 8.42 Å². The standard InChI is InChI=1S/C14H20N4O2S/c1-3-12-5-4-6-13(9-12)17-21(19,20)14-10-16-18(11-14)8-7-15-2/h4-6,9-11,15,17H,3,7-8H2,1-2H3. The van der Waals surface area contributed by atoms with E-state index in [0.29, 0.717) is 12.2 Å². The molecule has 21 heavy (non-hydrogen) atoms. The quantitative estimate of drug-likeness (QED) is 0.812. The fourth-order valence-electron chi connectivity index (χ4n) is 1.90. The van der Waals surface area contributed by atoms with E-state index in [1.807, 2.05) is 32.2 Å². The molecule has 0 saturated carbocycles. The Balaban J connectivity index is 2.15. The van der Waals surface area contributed by atoms with E-state index in [1.54, 1.807) is 10.7 Å². The van der Waals surface area contributed by atoms with Crippen molar-refractivity contribution in [2.45, 2.75) is 24.8 Å². The van der Waals surface area contributed by atoms with Crippen LogP contribution in [-0.4, -0.2) is 31.8 Å². The van der Waals surface area contributed by atoms with Crippen LogP contribution >= 0.6 is 0 Å². The van der Waals surface area contributed by atoms with Crippen LogP contribution in [-0.2, 0) is 23.0 Å². The maximum atomic E-state index is 12.3. The number of sulfonamides is 1. The molecule has 0 fully saturated rings. The number of nitrogens with one attached hydrogen (secondary N) is 2. The van der Waals surface area contributed by atoms with Gasteiger partial charge in [-0.05, 0) is 31.2 Å².